The summed E-state index contributed by atoms with van der Waals surface area (Å²) in [6.07, 6.45) is 3.86. The third kappa shape index (κ3) is 1.97. The van der Waals surface area contributed by atoms with Crippen LogP contribution in [0.2, 0.25) is 0 Å². The second kappa shape index (κ2) is 4.42. The number of imidazole rings is 1. The monoisotopic (exact) mass is 258 g/mol. The highest BCUT2D eigenvalue weighted by Gasteiger charge is 2.09. The van der Waals surface area contributed by atoms with Crippen molar-refractivity contribution in [3.05, 3.63) is 47.4 Å². The summed E-state index contributed by atoms with van der Waals surface area (Å²) in [6, 6.07) is 6.25. The van der Waals surface area contributed by atoms with Gasteiger partial charge in [0.25, 0.3) is 0 Å². The van der Waals surface area contributed by atoms with E-state index in [1.165, 1.54) is 10.6 Å². The number of thiophene rings is 1. The fourth-order valence-corrected chi connectivity index (χ4v) is 2.79. The predicted molar refractivity (Wildman–Crippen MR) is 72.6 cm³/mol. The molecule has 0 aliphatic rings. The van der Waals surface area contributed by atoms with Gasteiger partial charge in [0, 0.05) is 19.4 Å². The van der Waals surface area contributed by atoms with E-state index in [-0.39, 0.29) is 0 Å². The summed E-state index contributed by atoms with van der Waals surface area (Å²) in [4.78, 5) is 5.63. The van der Waals surface area contributed by atoms with Crippen LogP contribution in [0.1, 0.15) is 11.4 Å². The molecule has 0 fully saturated rings. The van der Waals surface area contributed by atoms with E-state index >= 15 is 0 Å². The van der Waals surface area contributed by atoms with E-state index < -0.39 is 0 Å². The van der Waals surface area contributed by atoms with Crippen LogP contribution >= 0.6 is 11.3 Å². The maximum atomic E-state index is 4.44. The van der Waals surface area contributed by atoms with E-state index in [0.717, 1.165) is 18.1 Å². The standard InChI is InChI=1S/C13H14N4S/c1-10-8-11(16(2)15-10)9-17-6-5-14-13(17)12-4-3-7-18-12/h3-8H,9H2,1-2H3. The highest BCUT2D eigenvalue weighted by molar-refractivity contribution is 7.13. The largest absolute Gasteiger partial charge is 0.324 e. The van der Waals surface area contributed by atoms with Crippen LogP contribution in [-0.2, 0) is 13.6 Å². The highest BCUT2D eigenvalue weighted by atomic mass is 32.1. The summed E-state index contributed by atoms with van der Waals surface area (Å²) >= 11 is 1.71. The minimum atomic E-state index is 0.796. The molecule has 0 bridgehead atoms. The van der Waals surface area contributed by atoms with E-state index in [2.05, 4.69) is 32.2 Å². The van der Waals surface area contributed by atoms with Crippen molar-refractivity contribution in [2.75, 3.05) is 0 Å². The van der Waals surface area contributed by atoms with Gasteiger partial charge in [0.05, 0.1) is 22.8 Å². The van der Waals surface area contributed by atoms with Crippen LogP contribution < -0.4 is 0 Å². The number of nitrogens with zero attached hydrogens (tertiary/aromatic N) is 4. The zero-order valence-electron chi connectivity index (χ0n) is 10.4. The van der Waals surface area contributed by atoms with Crippen molar-refractivity contribution in [2.24, 2.45) is 7.05 Å². The second-order valence-corrected chi connectivity index (χ2v) is 5.20. The van der Waals surface area contributed by atoms with Crippen molar-refractivity contribution in [1.82, 2.24) is 19.3 Å². The van der Waals surface area contributed by atoms with E-state index in [9.17, 15) is 0 Å². The molecule has 4 nitrogen and oxygen atoms in total. The maximum Gasteiger partial charge on any atom is 0.150 e. The topological polar surface area (TPSA) is 35.6 Å². The molecule has 0 N–H and O–H groups in total. The molecule has 3 aromatic heterocycles. The molecule has 0 saturated carbocycles. The molecule has 0 spiro atoms. The van der Waals surface area contributed by atoms with Gasteiger partial charge in [0.15, 0.2) is 0 Å². The molecule has 18 heavy (non-hydrogen) atoms. The molecule has 0 amide bonds. The summed E-state index contributed by atoms with van der Waals surface area (Å²) in [5, 5.41) is 6.44. The average Bonchev–Trinajstić information content (AvgIpc) is 3.01. The summed E-state index contributed by atoms with van der Waals surface area (Å²) in [5.74, 6) is 1.02. The van der Waals surface area contributed by atoms with Crippen LogP contribution in [0.3, 0.4) is 0 Å². The first-order valence-electron chi connectivity index (χ1n) is 5.78. The molecule has 0 saturated heterocycles. The average molecular weight is 258 g/mol. The fraction of sp³-hybridized carbons (Fsp3) is 0.231. The minimum Gasteiger partial charge on any atom is -0.324 e. The van der Waals surface area contributed by atoms with Crippen LogP contribution in [0.4, 0.5) is 0 Å². The highest BCUT2D eigenvalue weighted by Crippen LogP contribution is 2.23. The normalized spacial score (nSPS) is 11.0. The zero-order chi connectivity index (χ0) is 12.5. The second-order valence-electron chi connectivity index (χ2n) is 4.26. The van der Waals surface area contributed by atoms with Crippen molar-refractivity contribution >= 4 is 11.3 Å². The Labute approximate surface area is 110 Å². The smallest absolute Gasteiger partial charge is 0.150 e. The Bertz CT molecular complexity index is 648. The maximum absolute atomic E-state index is 4.44. The van der Waals surface area contributed by atoms with Gasteiger partial charge in [-0.3, -0.25) is 4.68 Å². The van der Waals surface area contributed by atoms with E-state index in [1.807, 2.05) is 37.1 Å². The summed E-state index contributed by atoms with van der Waals surface area (Å²) < 4.78 is 4.08. The summed E-state index contributed by atoms with van der Waals surface area (Å²) in [5.41, 5.74) is 2.23. The third-order valence-electron chi connectivity index (χ3n) is 2.89. The lowest BCUT2D eigenvalue weighted by atomic mass is 10.3. The molecular formula is C13H14N4S. The Morgan fingerprint density at radius 1 is 1.39 bits per heavy atom. The zero-order valence-corrected chi connectivity index (χ0v) is 11.2. The van der Waals surface area contributed by atoms with Gasteiger partial charge in [-0.25, -0.2) is 4.98 Å². The van der Waals surface area contributed by atoms with Gasteiger partial charge in [-0.05, 0) is 24.4 Å². The predicted octanol–water partition coefficient (Wildman–Crippen LogP) is 2.70. The lowest BCUT2D eigenvalue weighted by molar-refractivity contribution is 0.666. The van der Waals surface area contributed by atoms with Crippen molar-refractivity contribution in [1.29, 1.82) is 0 Å². The van der Waals surface area contributed by atoms with Crippen LogP contribution in [0.15, 0.2) is 36.0 Å². The van der Waals surface area contributed by atoms with Crippen molar-refractivity contribution < 1.29 is 0 Å². The van der Waals surface area contributed by atoms with Crippen LogP contribution in [0.5, 0.6) is 0 Å². The van der Waals surface area contributed by atoms with Crippen molar-refractivity contribution in [3.8, 4) is 10.7 Å². The summed E-state index contributed by atoms with van der Waals surface area (Å²) in [6.45, 7) is 2.81. The fourth-order valence-electron chi connectivity index (χ4n) is 2.05. The molecule has 3 rings (SSSR count). The van der Waals surface area contributed by atoms with Gasteiger partial charge in [-0.15, -0.1) is 11.3 Å². The lowest BCUT2D eigenvalue weighted by Crippen LogP contribution is -2.05. The molecule has 0 atom stereocenters. The number of aromatic nitrogens is 4. The Kier molecular flexibility index (Phi) is 2.76. The Morgan fingerprint density at radius 2 is 2.28 bits per heavy atom. The Balaban J connectivity index is 1.95. The first-order chi connectivity index (χ1) is 8.74. The van der Waals surface area contributed by atoms with Crippen LogP contribution in [-0.4, -0.2) is 19.3 Å². The van der Waals surface area contributed by atoms with E-state index in [4.69, 9.17) is 0 Å². The summed E-state index contributed by atoms with van der Waals surface area (Å²) in [7, 11) is 1.98. The van der Waals surface area contributed by atoms with Gasteiger partial charge in [0.2, 0.25) is 0 Å². The van der Waals surface area contributed by atoms with Crippen LogP contribution in [0, 0.1) is 6.92 Å². The van der Waals surface area contributed by atoms with Gasteiger partial charge < -0.3 is 4.57 Å². The molecule has 0 unspecified atom stereocenters. The molecule has 0 aliphatic heterocycles. The Morgan fingerprint density at radius 3 is 2.94 bits per heavy atom. The molecule has 3 aromatic rings. The number of aryl methyl sites for hydroxylation is 2. The molecular weight excluding hydrogens is 244 g/mol. The molecule has 0 radical (unpaired) electrons. The lowest BCUT2D eigenvalue weighted by Gasteiger charge is -2.06. The number of rotatable bonds is 3. The molecule has 0 aromatic carbocycles. The number of hydrogen-bond donors (Lipinski definition) is 0. The molecule has 3 heterocycles. The Hall–Kier alpha value is -1.88. The SMILES string of the molecule is Cc1cc(Cn2ccnc2-c2cccs2)n(C)n1. The van der Waals surface area contributed by atoms with E-state index in [0.29, 0.717) is 0 Å². The molecule has 92 valence electrons. The van der Waals surface area contributed by atoms with Gasteiger partial charge in [-0.1, -0.05) is 6.07 Å². The first-order valence-corrected chi connectivity index (χ1v) is 6.66. The van der Waals surface area contributed by atoms with Gasteiger partial charge >= 0.3 is 0 Å². The quantitative estimate of drug-likeness (QED) is 0.724. The van der Waals surface area contributed by atoms with E-state index in [1.54, 1.807) is 11.3 Å². The first kappa shape index (κ1) is 11.2. The van der Waals surface area contributed by atoms with Gasteiger partial charge in [-0.2, -0.15) is 5.10 Å². The van der Waals surface area contributed by atoms with Crippen molar-refractivity contribution in [3.63, 3.8) is 0 Å². The number of hydrogen-bond acceptors (Lipinski definition) is 3. The van der Waals surface area contributed by atoms with Crippen LogP contribution in [0.25, 0.3) is 10.7 Å². The van der Waals surface area contributed by atoms with Gasteiger partial charge in [0.1, 0.15) is 5.82 Å². The molecule has 5 heteroatoms. The minimum absolute atomic E-state index is 0.796. The molecule has 0 aliphatic carbocycles. The third-order valence-corrected chi connectivity index (χ3v) is 3.75. The van der Waals surface area contributed by atoms with Crippen molar-refractivity contribution in [2.45, 2.75) is 13.5 Å².